The van der Waals surface area contributed by atoms with Crippen LogP contribution in [0.5, 0.6) is 0 Å². The number of hydrogen-bond acceptors (Lipinski definition) is 7. The van der Waals surface area contributed by atoms with Crippen LogP contribution in [0, 0.1) is 13.8 Å². The van der Waals surface area contributed by atoms with E-state index in [2.05, 4.69) is 44.0 Å². The first-order valence-electron chi connectivity index (χ1n) is 12.1. The maximum absolute atomic E-state index is 13.7. The first-order chi connectivity index (χ1) is 17.5. The van der Waals surface area contributed by atoms with Gasteiger partial charge in [0.25, 0.3) is 11.8 Å². The number of carbonyl (C=O) groups is 2. The number of carbonyl (C=O) groups excluding carboxylic acids is 2. The molecule has 0 saturated carbocycles. The predicted molar refractivity (Wildman–Crippen MR) is 140 cm³/mol. The SMILES string of the molecule is Cc1cc(C)nc(SC2=C(N3CCN(Cc4ccccc4)CC3)C(=O)N(Cc3ccccc3)C2=O)n1. The van der Waals surface area contributed by atoms with Gasteiger partial charge in [0, 0.05) is 44.1 Å². The van der Waals surface area contributed by atoms with Crippen molar-refractivity contribution in [3.63, 3.8) is 0 Å². The molecule has 2 amide bonds. The highest BCUT2D eigenvalue weighted by Gasteiger charge is 2.42. The van der Waals surface area contributed by atoms with Crippen LogP contribution in [0.15, 0.2) is 82.5 Å². The van der Waals surface area contributed by atoms with Crippen LogP contribution in [0.1, 0.15) is 22.5 Å². The molecule has 2 aliphatic heterocycles. The van der Waals surface area contributed by atoms with E-state index in [1.54, 1.807) is 0 Å². The van der Waals surface area contributed by atoms with Gasteiger partial charge in [-0.25, -0.2) is 9.97 Å². The lowest BCUT2D eigenvalue weighted by molar-refractivity contribution is -0.138. The van der Waals surface area contributed by atoms with Crippen molar-refractivity contribution in [3.05, 3.63) is 99.8 Å². The third-order valence-electron chi connectivity index (χ3n) is 6.38. The van der Waals surface area contributed by atoms with Crippen molar-refractivity contribution in [1.82, 2.24) is 24.7 Å². The molecule has 1 fully saturated rings. The average Bonchev–Trinajstić information content (AvgIpc) is 3.09. The van der Waals surface area contributed by atoms with Gasteiger partial charge >= 0.3 is 0 Å². The standard InChI is InChI=1S/C28H29N5O2S/c1-20-17-21(2)30-28(29-20)36-25-24(26(34)33(27(25)35)19-23-11-7-4-8-12-23)32-15-13-31(14-16-32)18-22-9-5-3-6-10-22/h3-12,17H,13-16,18-19H2,1-2H3. The number of nitrogens with zero attached hydrogens (tertiary/aromatic N) is 5. The van der Waals surface area contributed by atoms with Gasteiger partial charge < -0.3 is 4.90 Å². The Morgan fingerprint density at radius 1 is 0.750 bits per heavy atom. The van der Waals surface area contributed by atoms with Crippen molar-refractivity contribution < 1.29 is 9.59 Å². The van der Waals surface area contributed by atoms with Crippen molar-refractivity contribution in [3.8, 4) is 0 Å². The van der Waals surface area contributed by atoms with E-state index in [1.165, 1.54) is 22.2 Å². The Morgan fingerprint density at radius 3 is 1.89 bits per heavy atom. The fourth-order valence-corrected chi connectivity index (χ4v) is 5.70. The summed E-state index contributed by atoms with van der Waals surface area (Å²) in [7, 11) is 0. The number of thioether (sulfide) groups is 1. The van der Waals surface area contributed by atoms with Gasteiger partial charge in [-0.15, -0.1) is 0 Å². The summed E-state index contributed by atoms with van der Waals surface area (Å²) in [6, 6.07) is 21.9. The number of piperazine rings is 1. The van der Waals surface area contributed by atoms with Crippen LogP contribution in [0.25, 0.3) is 0 Å². The fourth-order valence-electron chi connectivity index (χ4n) is 4.62. The molecule has 8 heteroatoms. The van der Waals surface area contributed by atoms with Crippen molar-refractivity contribution in [2.75, 3.05) is 26.2 Å². The minimum absolute atomic E-state index is 0.243. The molecule has 3 heterocycles. The van der Waals surface area contributed by atoms with E-state index in [0.29, 0.717) is 28.8 Å². The quantitative estimate of drug-likeness (QED) is 0.362. The second-order valence-electron chi connectivity index (χ2n) is 9.14. The zero-order valence-corrected chi connectivity index (χ0v) is 21.4. The molecule has 0 atom stereocenters. The summed E-state index contributed by atoms with van der Waals surface area (Å²) in [5, 5.41) is 0.491. The molecule has 36 heavy (non-hydrogen) atoms. The maximum atomic E-state index is 13.7. The zero-order valence-electron chi connectivity index (χ0n) is 20.6. The molecule has 0 bridgehead atoms. The van der Waals surface area contributed by atoms with Crippen molar-refractivity contribution in [2.24, 2.45) is 0 Å². The Kier molecular flexibility index (Phi) is 7.16. The topological polar surface area (TPSA) is 69.6 Å². The van der Waals surface area contributed by atoms with Crippen LogP contribution in [0.4, 0.5) is 0 Å². The van der Waals surface area contributed by atoms with E-state index in [9.17, 15) is 9.59 Å². The Bertz CT molecular complexity index is 1270. The molecule has 0 spiro atoms. The summed E-state index contributed by atoms with van der Waals surface area (Å²) in [5.74, 6) is -0.523. The number of hydrogen-bond donors (Lipinski definition) is 0. The number of aryl methyl sites for hydroxylation is 2. The van der Waals surface area contributed by atoms with Crippen molar-refractivity contribution in [2.45, 2.75) is 32.1 Å². The number of rotatable bonds is 7. The Balaban J connectivity index is 1.39. The highest BCUT2D eigenvalue weighted by Crippen LogP contribution is 2.36. The van der Waals surface area contributed by atoms with Gasteiger partial charge in [0.1, 0.15) is 10.6 Å². The zero-order chi connectivity index (χ0) is 25.1. The fraction of sp³-hybridized carbons (Fsp3) is 0.286. The molecule has 0 radical (unpaired) electrons. The van der Waals surface area contributed by atoms with Gasteiger partial charge in [-0.1, -0.05) is 60.7 Å². The third-order valence-corrected chi connectivity index (χ3v) is 7.32. The third kappa shape index (κ3) is 5.34. The lowest BCUT2D eigenvalue weighted by Gasteiger charge is -2.36. The van der Waals surface area contributed by atoms with Crippen LogP contribution in [-0.2, 0) is 22.7 Å². The monoisotopic (exact) mass is 499 g/mol. The van der Waals surface area contributed by atoms with E-state index >= 15 is 0 Å². The largest absolute Gasteiger partial charge is 0.363 e. The molecule has 5 rings (SSSR count). The van der Waals surface area contributed by atoms with Crippen LogP contribution >= 0.6 is 11.8 Å². The number of imide groups is 1. The molecule has 3 aromatic rings. The van der Waals surface area contributed by atoms with Crippen LogP contribution in [0.2, 0.25) is 0 Å². The lowest BCUT2D eigenvalue weighted by atomic mass is 10.2. The Labute approximate surface area is 215 Å². The predicted octanol–water partition coefficient (Wildman–Crippen LogP) is 3.78. The van der Waals surface area contributed by atoms with Crippen molar-refractivity contribution >= 4 is 23.6 Å². The molecule has 0 N–H and O–H groups in total. The first kappa shape index (κ1) is 24.2. The lowest BCUT2D eigenvalue weighted by Crippen LogP contribution is -2.47. The number of amides is 2. The van der Waals surface area contributed by atoms with Gasteiger partial charge in [-0.2, -0.15) is 0 Å². The first-order valence-corrected chi connectivity index (χ1v) is 13.0. The second-order valence-corrected chi connectivity index (χ2v) is 10.1. The van der Waals surface area contributed by atoms with Gasteiger partial charge in [0.15, 0.2) is 5.16 Å². The van der Waals surface area contributed by atoms with Crippen molar-refractivity contribution in [1.29, 1.82) is 0 Å². The molecule has 0 aliphatic carbocycles. The van der Waals surface area contributed by atoms with E-state index in [0.717, 1.165) is 36.6 Å². The minimum Gasteiger partial charge on any atom is -0.363 e. The van der Waals surface area contributed by atoms with E-state index < -0.39 is 0 Å². The van der Waals surface area contributed by atoms with E-state index in [4.69, 9.17) is 0 Å². The van der Waals surface area contributed by atoms with Gasteiger partial charge in [0.2, 0.25) is 0 Å². The highest BCUT2D eigenvalue weighted by atomic mass is 32.2. The van der Waals surface area contributed by atoms with Gasteiger partial charge in [-0.3, -0.25) is 19.4 Å². The summed E-state index contributed by atoms with van der Waals surface area (Å²) in [6.45, 7) is 7.92. The molecule has 7 nitrogen and oxygen atoms in total. The molecule has 2 aromatic carbocycles. The summed E-state index contributed by atoms with van der Waals surface area (Å²) < 4.78 is 0. The van der Waals surface area contributed by atoms with Crippen LogP contribution < -0.4 is 0 Å². The molecule has 0 unspecified atom stereocenters. The summed E-state index contributed by atoms with van der Waals surface area (Å²) in [5.41, 5.74) is 4.33. The molecule has 184 valence electrons. The second kappa shape index (κ2) is 10.6. The number of aromatic nitrogens is 2. The van der Waals surface area contributed by atoms with Crippen LogP contribution in [0.3, 0.4) is 0 Å². The summed E-state index contributed by atoms with van der Waals surface area (Å²) in [4.78, 5) is 42.5. The number of benzene rings is 2. The average molecular weight is 500 g/mol. The van der Waals surface area contributed by atoms with Gasteiger partial charge in [-0.05, 0) is 42.8 Å². The molecule has 2 aliphatic rings. The molecular formula is C28H29N5O2S. The van der Waals surface area contributed by atoms with Gasteiger partial charge in [0.05, 0.1) is 6.54 Å². The minimum atomic E-state index is -0.279. The van der Waals surface area contributed by atoms with E-state index in [1.807, 2.05) is 56.3 Å². The summed E-state index contributed by atoms with van der Waals surface area (Å²) in [6.07, 6.45) is 0. The molecular weight excluding hydrogens is 470 g/mol. The maximum Gasteiger partial charge on any atom is 0.278 e. The van der Waals surface area contributed by atoms with E-state index in [-0.39, 0.29) is 18.4 Å². The molecule has 1 aromatic heterocycles. The smallest absolute Gasteiger partial charge is 0.278 e. The Hall–Kier alpha value is -3.49. The molecule has 1 saturated heterocycles. The highest BCUT2D eigenvalue weighted by molar-refractivity contribution is 8.04. The summed E-state index contributed by atoms with van der Waals surface area (Å²) >= 11 is 1.20. The Morgan fingerprint density at radius 2 is 1.31 bits per heavy atom. The van der Waals surface area contributed by atoms with Crippen LogP contribution in [-0.4, -0.2) is 62.7 Å². The normalized spacial score (nSPS) is 16.8.